The van der Waals surface area contributed by atoms with E-state index in [2.05, 4.69) is 66.1 Å². The van der Waals surface area contributed by atoms with Crippen LogP contribution < -0.4 is 10.6 Å². The highest BCUT2D eigenvalue weighted by molar-refractivity contribution is 5.80. The number of nitrogens with zero attached hydrogens (tertiary/aromatic N) is 1. The SMILES string of the molecule is CCNC(=NCc1ccccc1COC)NCC1(c2ccccc2)CC1. The fourth-order valence-corrected chi connectivity index (χ4v) is 3.28. The Morgan fingerprint density at radius 3 is 2.35 bits per heavy atom. The standard InChI is InChI=1S/C22H29N3O/c1-3-23-21(24-15-18-9-7-8-10-19(18)16-26-2)25-17-22(13-14-22)20-11-5-4-6-12-20/h4-12H,3,13-17H2,1-2H3,(H2,23,24,25). The van der Waals surface area contributed by atoms with Crippen molar-refractivity contribution in [3.05, 3.63) is 71.3 Å². The van der Waals surface area contributed by atoms with Crippen LogP contribution in [0.5, 0.6) is 0 Å². The zero-order valence-corrected chi connectivity index (χ0v) is 15.8. The number of aliphatic imine (C=N–C) groups is 1. The van der Waals surface area contributed by atoms with Gasteiger partial charge in [-0.1, -0.05) is 54.6 Å². The highest BCUT2D eigenvalue weighted by atomic mass is 16.5. The molecule has 0 saturated heterocycles. The van der Waals surface area contributed by atoms with Crippen molar-refractivity contribution in [2.75, 3.05) is 20.2 Å². The van der Waals surface area contributed by atoms with E-state index in [9.17, 15) is 0 Å². The van der Waals surface area contributed by atoms with Crippen LogP contribution in [0.4, 0.5) is 0 Å². The fraction of sp³-hybridized carbons (Fsp3) is 0.409. The minimum Gasteiger partial charge on any atom is -0.380 e. The highest BCUT2D eigenvalue weighted by Crippen LogP contribution is 2.47. The third-order valence-corrected chi connectivity index (χ3v) is 5.00. The first-order valence-corrected chi connectivity index (χ1v) is 9.41. The Kier molecular flexibility index (Phi) is 6.29. The predicted octanol–water partition coefficient (Wildman–Crippen LogP) is 3.62. The summed E-state index contributed by atoms with van der Waals surface area (Å²) in [6.45, 7) is 5.13. The van der Waals surface area contributed by atoms with Crippen LogP contribution in [-0.2, 0) is 23.3 Å². The lowest BCUT2D eigenvalue weighted by atomic mass is 9.96. The van der Waals surface area contributed by atoms with E-state index in [1.165, 1.54) is 29.5 Å². The summed E-state index contributed by atoms with van der Waals surface area (Å²) >= 11 is 0. The van der Waals surface area contributed by atoms with Gasteiger partial charge in [-0.25, -0.2) is 4.99 Å². The van der Waals surface area contributed by atoms with Crippen LogP contribution in [0.15, 0.2) is 59.6 Å². The van der Waals surface area contributed by atoms with Gasteiger partial charge in [-0.15, -0.1) is 0 Å². The molecule has 3 rings (SSSR count). The molecule has 0 aliphatic heterocycles. The van der Waals surface area contributed by atoms with Crippen molar-refractivity contribution in [1.82, 2.24) is 10.6 Å². The van der Waals surface area contributed by atoms with Crippen molar-refractivity contribution in [3.8, 4) is 0 Å². The summed E-state index contributed by atoms with van der Waals surface area (Å²) in [5.74, 6) is 0.877. The smallest absolute Gasteiger partial charge is 0.191 e. The Hall–Kier alpha value is -2.33. The normalized spacial score (nSPS) is 15.5. The zero-order chi connectivity index (χ0) is 18.2. The van der Waals surface area contributed by atoms with Crippen LogP contribution >= 0.6 is 0 Å². The minimum atomic E-state index is 0.269. The molecule has 0 aromatic heterocycles. The van der Waals surface area contributed by atoms with Crippen LogP contribution in [0.3, 0.4) is 0 Å². The third kappa shape index (κ3) is 4.64. The van der Waals surface area contributed by atoms with E-state index in [1.54, 1.807) is 7.11 Å². The van der Waals surface area contributed by atoms with E-state index >= 15 is 0 Å². The predicted molar refractivity (Wildman–Crippen MR) is 107 cm³/mol. The first kappa shape index (κ1) is 18.5. The van der Waals surface area contributed by atoms with Gasteiger partial charge in [0.2, 0.25) is 0 Å². The summed E-state index contributed by atoms with van der Waals surface area (Å²) < 4.78 is 5.29. The molecule has 0 heterocycles. The quantitative estimate of drug-likeness (QED) is 0.564. The molecule has 138 valence electrons. The van der Waals surface area contributed by atoms with Crippen molar-refractivity contribution >= 4 is 5.96 Å². The Morgan fingerprint density at radius 2 is 1.69 bits per heavy atom. The van der Waals surface area contributed by atoms with E-state index in [0.717, 1.165) is 19.0 Å². The van der Waals surface area contributed by atoms with E-state index in [0.29, 0.717) is 13.2 Å². The van der Waals surface area contributed by atoms with Gasteiger partial charge in [-0.05, 0) is 36.5 Å². The molecule has 1 aliphatic rings. The average molecular weight is 351 g/mol. The molecule has 0 atom stereocenters. The van der Waals surface area contributed by atoms with E-state index in [4.69, 9.17) is 9.73 Å². The number of hydrogen-bond acceptors (Lipinski definition) is 2. The maximum absolute atomic E-state index is 5.29. The number of ether oxygens (including phenoxy) is 1. The maximum Gasteiger partial charge on any atom is 0.191 e. The van der Waals surface area contributed by atoms with Crippen molar-refractivity contribution in [2.24, 2.45) is 4.99 Å². The van der Waals surface area contributed by atoms with Gasteiger partial charge in [0.1, 0.15) is 0 Å². The maximum atomic E-state index is 5.29. The summed E-state index contributed by atoms with van der Waals surface area (Å²) in [5, 5.41) is 6.92. The molecule has 2 N–H and O–H groups in total. The van der Waals surface area contributed by atoms with Gasteiger partial charge < -0.3 is 15.4 Å². The van der Waals surface area contributed by atoms with Gasteiger partial charge in [-0.3, -0.25) is 0 Å². The molecule has 1 aliphatic carbocycles. The molecule has 4 heteroatoms. The van der Waals surface area contributed by atoms with Gasteiger partial charge in [0.25, 0.3) is 0 Å². The minimum absolute atomic E-state index is 0.269. The highest BCUT2D eigenvalue weighted by Gasteiger charge is 2.43. The number of methoxy groups -OCH3 is 1. The second kappa shape index (κ2) is 8.86. The molecule has 26 heavy (non-hydrogen) atoms. The van der Waals surface area contributed by atoms with Crippen LogP contribution in [0, 0.1) is 0 Å². The van der Waals surface area contributed by atoms with E-state index in [-0.39, 0.29) is 5.41 Å². The lowest BCUT2D eigenvalue weighted by Crippen LogP contribution is -2.41. The number of guanidine groups is 1. The van der Waals surface area contributed by atoms with Gasteiger partial charge >= 0.3 is 0 Å². The molecule has 0 spiro atoms. The number of hydrogen-bond donors (Lipinski definition) is 2. The summed E-state index contributed by atoms with van der Waals surface area (Å²) in [7, 11) is 1.73. The molecule has 1 fully saturated rings. The van der Waals surface area contributed by atoms with Gasteiger partial charge in [0, 0.05) is 25.6 Å². The number of benzene rings is 2. The summed E-state index contributed by atoms with van der Waals surface area (Å²) in [6.07, 6.45) is 2.47. The molecule has 2 aromatic carbocycles. The summed E-state index contributed by atoms with van der Waals surface area (Å²) in [5.41, 5.74) is 4.09. The van der Waals surface area contributed by atoms with E-state index in [1.807, 2.05) is 6.07 Å². The van der Waals surface area contributed by atoms with Crippen molar-refractivity contribution < 1.29 is 4.74 Å². The molecular weight excluding hydrogens is 322 g/mol. The first-order valence-electron chi connectivity index (χ1n) is 9.41. The lowest BCUT2D eigenvalue weighted by molar-refractivity contribution is 0.184. The van der Waals surface area contributed by atoms with Crippen LogP contribution in [0.25, 0.3) is 0 Å². The van der Waals surface area contributed by atoms with Crippen LogP contribution in [-0.4, -0.2) is 26.2 Å². The molecule has 1 saturated carbocycles. The monoisotopic (exact) mass is 351 g/mol. The Bertz CT molecular complexity index is 723. The molecule has 0 unspecified atom stereocenters. The third-order valence-electron chi connectivity index (χ3n) is 5.00. The molecule has 2 aromatic rings. The Balaban J connectivity index is 1.65. The Morgan fingerprint density at radius 1 is 1.00 bits per heavy atom. The second-order valence-electron chi connectivity index (χ2n) is 6.90. The Labute approximate surface area is 156 Å². The largest absolute Gasteiger partial charge is 0.380 e. The molecule has 0 amide bonds. The van der Waals surface area contributed by atoms with Crippen LogP contribution in [0.2, 0.25) is 0 Å². The van der Waals surface area contributed by atoms with Gasteiger partial charge in [-0.2, -0.15) is 0 Å². The lowest BCUT2D eigenvalue weighted by Gasteiger charge is -2.19. The van der Waals surface area contributed by atoms with Crippen molar-refractivity contribution in [2.45, 2.75) is 38.3 Å². The van der Waals surface area contributed by atoms with Crippen LogP contribution in [0.1, 0.15) is 36.5 Å². The molecular formula is C22H29N3O. The first-order chi connectivity index (χ1) is 12.8. The van der Waals surface area contributed by atoms with Crippen molar-refractivity contribution in [3.63, 3.8) is 0 Å². The fourth-order valence-electron chi connectivity index (χ4n) is 3.28. The summed E-state index contributed by atoms with van der Waals surface area (Å²) in [6, 6.07) is 19.1. The van der Waals surface area contributed by atoms with Crippen molar-refractivity contribution in [1.29, 1.82) is 0 Å². The molecule has 0 bridgehead atoms. The van der Waals surface area contributed by atoms with Gasteiger partial charge in [0.05, 0.1) is 13.2 Å². The molecule has 0 radical (unpaired) electrons. The van der Waals surface area contributed by atoms with Gasteiger partial charge in [0.15, 0.2) is 5.96 Å². The molecule has 4 nitrogen and oxygen atoms in total. The topological polar surface area (TPSA) is 45.7 Å². The summed E-state index contributed by atoms with van der Waals surface area (Å²) in [4.78, 5) is 4.79. The zero-order valence-electron chi connectivity index (χ0n) is 15.8. The number of rotatable bonds is 8. The average Bonchev–Trinajstić information content (AvgIpc) is 3.47. The second-order valence-corrected chi connectivity index (χ2v) is 6.90. The number of nitrogens with one attached hydrogen (secondary N) is 2. The van der Waals surface area contributed by atoms with E-state index < -0.39 is 0 Å².